The fraction of sp³-hybridized carbons (Fsp3) is 0.562. The number of fused-ring (bicyclic) bond motifs is 1. The maximum Gasteiger partial charge on any atom is 0.410 e. The van der Waals surface area contributed by atoms with Crippen LogP contribution in [0.15, 0.2) is 12.3 Å². The number of piperidine rings is 1. The van der Waals surface area contributed by atoms with Crippen LogP contribution in [0.1, 0.15) is 39.7 Å². The summed E-state index contributed by atoms with van der Waals surface area (Å²) in [6.45, 7) is 6.71. The number of rotatable bonds is 1. The molecule has 0 unspecified atom stereocenters. The molecule has 0 aromatic carbocycles. The summed E-state index contributed by atoms with van der Waals surface area (Å²) in [4.78, 5) is 14.0. The highest BCUT2D eigenvalue weighted by atomic mass is 35.5. The van der Waals surface area contributed by atoms with E-state index in [2.05, 4.69) is 10.2 Å². The molecule has 1 saturated heterocycles. The minimum absolute atomic E-state index is 0.00476. The Kier molecular flexibility index (Phi) is 4.29. The fourth-order valence-corrected chi connectivity index (χ4v) is 3.10. The maximum atomic E-state index is 12.3. The van der Waals surface area contributed by atoms with E-state index in [9.17, 15) is 9.90 Å². The van der Waals surface area contributed by atoms with Crippen LogP contribution in [0, 0.1) is 0 Å². The Hall–Kier alpha value is -2.02. The number of aromatic hydroxyl groups is 1. The first-order valence-corrected chi connectivity index (χ1v) is 8.33. The molecule has 0 aliphatic carbocycles. The van der Waals surface area contributed by atoms with Gasteiger partial charge in [0.2, 0.25) is 0 Å². The van der Waals surface area contributed by atoms with Crippen molar-refractivity contribution in [1.29, 1.82) is 0 Å². The number of likely N-dealkylation sites (tertiary alicyclic amines) is 1. The van der Waals surface area contributed by atoms with Crippen LogP contribution in [0.2, 0.25) is 5.15 Å². The predicted octanol–water partition coefficient (Wildman–Crippen LogP) is 3.36. The first-order chi connectivity index (χ1) is 11.2. The van der Waals surface area contributed by atoms with Gasteiger partial charge in [0.15, 0.2) is 10.8 Å². The molecule has 1 aliphatic heterocycles. The number of amides is 1. The molecule has 0 bridgehead atoms. The number of halogens is 1. The number of ether oxygens (including phenoxy) is 1. The summed E-state index contributed by atoms with van der Waals surface area (Å²) in [6, 6.07) is 1.59. The van der Waals surface area contributed by atoms with Crippen molar-refractivity contribution in [1.82, 2.24) is 19.7 Å². The highest BCUT2D eigenvalue weighted by Gasteiger charge is 2.29. The number of carbonyl (C=O) groups is 1. The van der Waals surface area contributed by atoms with Crippen LogP contribution >= 0.6 is 11.6 Å². The van der Waals surface area contributed by atoms with E-state index in [0.29, 0.717) is 24.1 Å². The minimum Gasteiger partial charge on any atom is -0.506 e. The zero-order valence-corrected chi connectivity index (χ0v) is 14.7. The molecule has 8 heteroatoms. The van der Waals surface area contributed by atoms with Gasteiger partial charge in [0.05, 0.1) is 11.4 Å². The van der Waals surface area contributed by atoms with Crippen molar-refractivity contribution in [2.24, 2.45) is 0 Å². The van der Waals surface area contributed by atoms with E-state index >= 15 is 0 Å². The first kappa shape index (κ1) is 16.8. The first-order valence-electron chi connectivity index (χ1n) is 7.95. The Bertz CT molecular complexity index is 769. The van der Waals surface area contributed by atoms with Gasteiger partial charge in [0, 0.05) is 19.3 Å². The molecule has 0 spiro atoms. The molecule has 3 rings (SSSR count). The van der Waals surface area contributed by atoms with Crippen molar-refractivity contribution in [2.75, 3.05) is 13.1 Å². The van der Waals surface area contributed by atoms with Crippen molar-refractivity contribution in [2.45, 2.75) is 45.3 Å². The molecular formula is C16H21ClN4O3. The Balaban J connectivity index is 1.84. The monoisotopic (exact) mass is 352 g/mol. The summed E-state index contributed by atoms with van der Waals surface area (Å²) >= 11 is 5.85. The predicted molar refractivity (Wildman–Crippen MR) is 90.3 cm³/mol. The largest absolute Gasteiger partial charge is 0.506 e. The summed E-state index contributed by atoms with van der Waals surface area (Å²) in [5.41, 5.74) is 0.0398. The molecule has 1 N–H and O–H groups in total. The highest BCUT2D eigenvalue weighted by Crippen LogP contribution is 2.32. The third kappa shape index (κ3) is 3.40. The summed E-state index contributed by atoms with van der Waals surface area (Å²) < 4.78 is 7.32. The zero-order chi connectivity index (χ0) is 17.5. The van der Waals surface area contributed by atoms with Crippen molar-refractivity contribution >= 4 is 28.7 Å². The molecular weight excluding hydrogens is 332 g/mol. The standard InChI is InChI=1S/C16H21ClN4O3/c1-16(2,3)24-15(23)20-6-4-5-10(8-20)21-9-12(22)11-7-13(17)18-19-14(11)21/h7,9-10,22H,4-6,8H2,1-3H3/t10-/m1/s1. The van der Waals surface area contributed by atoms with Crippen molar-refractivity contribution in [3.05, 3.63) is 17.4 Å². The van der Waals surface area contributed by atoms with Crippen LogP contribution < -0.4 is 0 Å². The molecule has 0 radical (unpaired) electrons. The number of carbonyl (C=O) groups excluding carboxylic acids is 1. The van der Waals surface area contributed by atoms with E-state index < -0.39 is 5.60 Å². The van der Waals surface area contributed by atoms with E-state index in [1.165, 1.54) is 0 Å². The Labute approximate surface area is 145 Å². The van der Waals surface area contributed by atoms with Gasteiger partial charge in [-0.25, -0.2) is 4.79 Å². The number of nitrogens with zero attached hydrogens (tertiary/aromatic N) is 4. The molecule has 2 aromatic rings. The van der Waals surface area contributed by atoms with Gasteiger partial charge in [-0.05, 0) is 39.7 Å². The van der Waals surface area contributed by atoms with Gasteiger partial charge >= 0.3 is 6.09 Å². The molecule has 1 amide bonds. The lowest BCUT2D eigenvalue weighted by Crippen LogP contribution is -2.43. The lowest BCUT2D eigenvalue weighted by Gasteiger charge is -2.34. The molecule has 3 heterocycles. The van der Waals surface area contributed by atoms with E-state index in [1.54, 1.807) is 17.2 Å². The minimum atomic E-state index is -0.523. The van der Waals surface area contributed by atoms with Crippen LogP contribution in [-0.2, 0) is 4.74 Å². The van der Waals surface area contributed by atoms with E-state index in [0.717, 1.165) is 12.8 Å². The maximum absolute atomic E-state index is 12.3. The number of hydrogen-bond acceptors (Lipinski definition) is 5. The Morgan fingerprint density at radius 3 is 2.88 bits per heavy atom. The Morgan fingerprint density at radius 2 is 2.17 bits per heavy atom. The van der Waals surface area contributed by atoms with Crippen LogP contribution in [0.3, 0.4) is 0 Å². The lowest BCUT2D eigenvalue weighted by molar-refractivity contribution is 0.0174. The summed E-state index contributed by atoms with van der Waals surface area (Å²) in [5, 5.41) is 18.9. The van der Waals surface area contributed by atoms with Crippen LogP contribution in [-0.4, -0.2) is 49.6 Å². The van der Waals surface area contributed by atoms with Crippen LogP contribution in [0.4, 0.5) is 4.79 Å². The van der Waals surface area contributed by atoms with E-state index in [-0.39, 0.29) is 23.0 Å². The molecule has 24 heavy (non-hydrogen) atoms. The van der Waals surface area contributed by atoms with Crippen molar-refractivity contribution < 1.29 is 14.6 Å². The molecule has 2 aromatic heterocycles. The topological polar surface area (TPSA) is 80.5 Å². The van der Waals surface area contributed by atoms with Gasteiger partial charge in [0.1, 0.15) is 11.4 Å². The molecule has 1 fully saturated rings. The van der Waals surface area contributed by atoms with Gasteiger partial charge in [-0.15, -0.1) is 10.2 Å². The summed E-state index contributed by atoms with van der Waals surface area (Å²) in [5.74, 6) is 0.108. The smallest absolute Gasteiger partial charge is 0.410 e. The van der Waals surface area contributed by atoms with Gasteiger partial charge in [-0.2, -0.15) is 0 Å². The second-order valence-corrected chi connectivity index (χ2v) is 7.44. The summed E-state index contributed by atoms with van der Waals surface area (Å²) in [7, 11) is 0. The van der Waals surface area contributed by atoms with Crippen molar-refractivity contribution in [3.8, 4) is 5.75 Å². The van der Waals surface area contributed by atoms with Gasteiger partial charge in [-0.3, -0.25) is 0 Å². The zero-order valence-electron chi connectivity index (χ0n) is 14.0. The number of hydrogen-bond donors (Lipinski definition) is 1. The van der Waals surface area contributed by atoms with Gasteiger partial charge in [0.25, 0.3) is 0 Å². The normalized spacial score (nSPS) is 18.8. The summed E-state index contributed by atoms with van der Waals surface area (Å²) in [6.07, 6.45) is 3.04. The van der Waals surface area contributed by atoms with E-state index in [1.807, 2.05) is 25.3 Å². The lowest BCUT2D eigenvalue weighted by atomic mass is 10.1. The molecule has 1 atom stereocenters. The van der Waals surface area contributed by atoms with Crippen molar-refractivity contribution in [3.63, 3.8) is 0 Å². The molecule has 0 saturated carbocycles. The Morgan fingerprint density at radius 1 is 1.42 bits per heavy atom. The molecule has 1 aliphatic rings. The number of aromatic nitrogens is 3. The van der Waals surface area contributed by atoms with Gasteiger partial charge < -0.3 is 19.3 Å². The molecule has 7 nitrogen and oxygen atoms in total. The fourth-order valence-electron chi connectivity index (χ4n) is 2.96. The van der Waals surface area contributed by atoms with E-state index in [4.69, 9.17) is 16.3 Å². The van der Waals surface area contributed by atoms with Crippen LogP contribution in [0.25, 0.3) is 11.0 Å². The van der Waals surface area contributed by atoms with Crippen LogP contribution in [0.5, 0.6) is 5.75 Å². The third-order valence-corrected chi connectivity index (χ3v) is 4.15. The molecule has 130 valence electrons. The van der Waals surface area contributed by atoms with Gasteiger partial charge in [-0.1, -0.05) is 11.6 Å². The second kappa shape index (κ2) is 6.12. The SMILES string of the molecule is CC(C)(C)OC(=O)N1CCC[C@@H](n2cc(O)c3cc(Cl)nnc32)C1. The average Bonchev–Trinajstić information content (AvgIpc) is 2.82. The second-order valence-electron chi connectivity index (χ2n) is 7.05. The highest BCUT2D eigenvalue weighted by molar-refractivity contribution is 6.29. The third-order valence-electron chi connectivity index (χ3n) is 3.97. The average molecular weight is 353 g/mol. The quantitative estimate of drug-likeness (QED) is 0.851.